The van der Waals surface area contributed by atoms with Crippen LogP contribution in [0.2, 0.25) is 0 Å². The molecule has 1 aromatic carbocycles. The minimum absolute atomic E-state index is 0.136. The van der Waals surface area contributed by atoms with Crippen LogP contribution in [-0.2, 0) is 12.8 Å². The maximum absolute atomic E-state index is 12.3. The molecule has 3 nitrogen and oxygen atoms in total. The van der Waals surface area contributed by atoms with Crippen molar-refractivity contribution in [2.75, 3.05) is 5.32 Å². The van der Waals surface area contributed by atoms with E-state index in [1.165, 1.54) is 16.9 Å². The van der Waals surface area contributed by atoms with Crippen molar-refractivity contribution in [2.45, 2.75) is 19.3 Å². The van der Waals surface area contributed by atoms with Crippen molar-refractivity contribution >= 4 is 38.9 Å². The summed E-state index contributed by atoms with van der Waals surface area (Å²) < 4.78 is 0.821. The monoisotopic (exact) mass is 346 g/mol. The normalized spacial score (nSPS) is 12.8. The number of nitriles is 1. The van der Waals surface area contributed by atoms with Gasteiger partial charge in [-0.3, -0.25) is 4.79 Å². The van der Waals surface area contributed by atoms with Crippen molar-refractivity contribution in [1.82, 2.24) is 0 Å². The molecule has 1 aromatic heterocycles. The van der Waals surface area contributed by atoms with Gasteiger partial charge in [0.2, 0.25) is 0 Å². The molecule has 0 aliphatic heterocycles. The van der Waals surface area contributed by atoms with E-state index in [4.69, 9.17) is 5.26 Å². The quantitative estimate of drug-likeness (QED) is 0.888. The molecule has 0 fully saturated rings. The first-order chi connectivity index (χ1) is 9.67. The Hall–Kier alpha value is -1.64. The number of halogens is 1. The highest BCUT2D eigenvalue weighted by molar-refractivity contribution is 9.10. The number of nitrogens with zero attached hydrogens (tertiary/aromatic N) is 1. The average Bonchev–Trinajstić information content (AvgIpc) is 3.01. The van der Waals surface area contributed by atoms with Gasteiger partial charge in [-0.1, -0.05) is 15.9 Å². The highest BCUT2D eigenvalue weighted by Crippen LogP contribution is 2.31. The number of carbonyl (C=O) groups excluding carboxylic acids is 1. The topological polar surface area (TPSA) is 52.9 Å². The number of rotatable bonds is 2. The van der Waals surface area contributed by atoms with E-state index in [2.05, 4.69) is 27.3 Å². The van der Waals surface area contributed by atoms with Gasteiger partial charge in [0.1, 0.15) is 6.07 Å². The van der Waals surface area contributed by atoms with E-state index < -0.39 is 0 Å². The Labute approximate surface area is 129 Å². The molecule has 0 atom stereocenters. The van der Waals surface area contributed by atoms with Gasteiger partial charge in [0.25, 0.3) is 5.91 Å². The standard InChI is InChI=1S/C15H11BrN2OS/c16-11-4-5-12(10(6-11)8-17)18-15(19)14-7-9-2-1-3-13(9)20-14/h4-7H,1-3H2,(H,18,19). The van der Waals surface area contributed by atoms with E-state index in [-0.39, 0.29) is 5.91 Å². The Balaban J connectivity index is 1.84. The molecule has 2 aromatic rings. The first kappa shape index (κ1) is 13.3. The first-order valence-electron chi connectivity index (χ1n) is 6.30. The van der Waals surface area contributed by atoms with Crippen LogP contribution in [0.15, 0.2) is 28.7 Å². The number of benzene rings is 1. The predicted molar refractivity (Wildman–Crippen MR) is 83.2 cm³/mol. The molecular weight excluding hydrogens is 336 g/mol. The number of amides is 1. The van der Waals surface area contributed by atoms with Crippen molar-refractivity contribution in [3.63, 3.8) is 0 Å². The molecule has 1 aliphatic rings. The molecule has 5 heteroatoms. The first-order valence-corrected chi connectivity index (χ1v) is 7.91. The van der Waals surface area contributed by atoms with Crippen molar-refractivity contribution in [3.05, 3.63) is 49.6 Å². The van der Waals surface area contributed by atoms with Crippen LogP contribution in [0, 0.1) is 11.3 Å². The average molecular weight is 347 g/mol. The summed E-state index contributed by atoms with van der Waals surface area (Å²) in [5.41, 5.74) is 2.31. The molecule has 0 saturated heterocycles. The summed E-state index contributed by atoms with van der Waals surface area (Å²) in [6.45, 7) is 0. The lowest BCUT2D eigenvalue weighted by molar-refractivity contribution is 0.103. The zero-order valence-electron chi connectivity index (χ0n) is 10.6. The lowest BCUT2D eigenvalue weighted by Crippen LogP contribution is -2.11. The Morgan fingerprint density at radius 3 is 2.95 bits per heavy atom. The van der Waals surface area contributed by atoms with Gasteiger partial charge >= 0.3 is 0 Å². The fraction of sp³-hybridized carbons (Fsp3) is 0.200. The molecule has 0 unspecified atom stereocenters. The van der Waals surface area contributed by atoms with Gasteiger partial charge < -0.3 is 5.32 Å². The lowest BCUT2D eigenvalue weighted by atomic mass is 10.2. The van der Waals surface area contributed by atoms with Gasteiger partial charge in [0.15, 0.2) is 0 Å². The van der Waals surface area contributed by atoms with E-state index in [0.717, 1.165) is 22.2 Å². The molecule has 0 radical (unpaired) electrons. The van der Waals surface area contributed by atoms with Crippen molar-refractivity contribution < 1.29 is 4.79 Å². The van der Waals surface area contributed by atoms with Crippen LogP contribution < -0.4 is 5.32 Å². The number of fused-ring (bicyclic) bond motifs is 1. The van der Waals surface area contributed by atoms with Gasteiger partial charge in [0, 0.05) is 9.35 Å². The molecule has 1 heterocycles. The van der Waals surface area contributed by atoms with E-state index in [1.807, 2.05) is 12.1 Å². The predicted octanol–water partition coefficient (Wildman–Crippen LogP) is 4.12. The number of aryl methyl sites for hydroxylation is 2. The van der Waals surface area contributed by atoms with Crippen LogP contribution in [0.25, 0.3) is 0 Å². The summed E-state index contributed by atoms with van der Waals surface area (Å²) in [4.78, 5) is 14.3. The Morgan fingerprint density at radius 1 is 1.35 bits per heavy atom. The number of carbonyl (C=O) groups is 1. The van der Waals surface area contributed by atoms with Gasteiger partial charge in [-0.05, 0) is 49.1 Å². The largest absolute Gasteiger partial charge is 0.320 e. The van der Waals surface area contributed by atoms with Gasteiger partial charge in [-0.2, -0.15) is 5.26 Å². The second kappa shape index (κ2) is 5.39. The number of thiophene rings is 1. The zero-order valence-corrected chi connectivity index (χ0v) is 13.0. The molecular formula is C15H11BrN2OS. The summed E-state index contributed by atoms with van der Waals surface area (Å²) in [5.74, 6) is -0.136. The molecule has 0 saturated carbocycles. The summed E-state index contributed by atoms with van der Waals surface area (Å²) in [5, 5.41) is 11.9. The molecule has 1 aliphatic carbocycles. The van der Waals surface area contributed by atoms with E-state index in [0.29, 0.717) is 11.3 Å². The SMILES string of the molecule is N#Cc1cc(Br)ccc1NC(=O)c1cc2c(s1)CCC2. The molecule has 3 rings (SSSR count). The second-order valence-electron chi connectivity index (χ2n) is 4.67. The maximum atomic E-state index is 12.3. The summed E-state index contributed by atoms with van der Waals surface area (Å²) >= 11 is 4.88. The third-order valence-corrected chi connectivity index (χ3v) is 5.05. The minimum Gasteiger partial charge on any atom is -0.320 e. The maximum Gasteiger partial charge on any atom is 0.265 e. The molecule has 100 valence electrons. The number of hydrogen-bond donors (Lipinski definition) is 1. The summed E-state index contributed by atoms with van der Waals surface area (Å²) in [6.07, 6.45) is 3.34. The minimum atomic E-state index is -0.136. The van der Waals surface area contributed by atoms with Crippen LogP contribution in [-0.4, -0.2) is 5.91 Å². The molecule has 0 spiro atoms. The van der Waals surface area contributed by atoms with E-state index in [1.54, 1.807) is 23.5 Å². The fourth-order valence-corrected chi connectivity index (χ4v) is 3.85. The van der Waals surface area contributed by atoms with Gasteiger partial charge in [-0.15, -0.1) is 11.3 Å². The Morgan fingerprint density at radius 2 is 2.20 bits per heavy atom. The van der Waals surface area contributed by atoms with Crippen LogP contribution in [0.4, 0.5) is 5.69 Å². The second-order valence-corrected chi connectivity index (χ2v) is 6.72. The van der Waals surface area contributed by atoms with Crippen molar-refractivity contribution in [1.29, 1.82) is 5.26 Å². The third-order valence-electron chi connectivity index (χ3n) is 3.32. The number of hydrogen-bond acceptors (Lipinski definition) is 3. The van der Waals surface area contributed by atoms with E-state index >= 15 is 0 Å². The zero-order chi connectivity index (χ0) is 14.1. The van der Waals surface area contributed by atoms with Crippen LogP contribution in [0.5, 0.6) is 0 Å². The Bertz CT molecular complexity index is 708. The Kier molecular flexibility index (Phi) is 3.60. The van der Waals surface area contributed by atoms with E-state index in [9.17, 15) is 4.79 Å². The lowest BCUT2D eigenvalue weighted by Gasteiger charge is -2.06. The fourth-order valence-electron chi connectivity index (χ4n) is 2.34. The van der Waals surface area contributed by atoms with Crippen LogP contribution in [0.1, 0.15) is 32.1 Å². The van der Waals surface area contributed by atoms with Gasteiger partial charge in [0.05, 0.1) is 16.1 Å². The smallest absolute Gasteiger partial charge is 0.265 e. The van der Waals surface area contributed by atoms with Crippen LogP contribution >= 0.6 is 27.3 Å². The molecule has 0 bridgehead atoms. The summed E-state index contributed by atoms with van der Waals surface area (Å²) in [7, 11) is 0. The number of anilines is 1. The van der Waals surface area contributed by atoms with Crippen LogP contribution in [0.3, 0.4) is 0 Å². The molecule has 20 heavy (non-hydrogen) atoms. The van der Waals surface area contributed by atoms with Crippen molar-refractivity contribution in [3.8, 4) is 6.07 Å². The highest BCUT2D eigenvalue weighted by atomic mass is 79.9. The number of nitrogens with one attached hydrogen (secondary N) is 1. The summed E-state index contributed by atoms with van der Waals surface area (Å²) in [6, 6.07) is 9.32. The highest BCUT2D eigenvalue weighted by Gasteiger charge is 2.19. The third kappa shape index (κ3) is 2.49. The molecule has 1 N–H and O–H groups in total. The molecule has 1 amide bonds. The van der Waals surface area contributed by atoms with Crippen molar-refractivity contribution in [2.24, 2.45) is 0 Å². The van der Waals surface area contributed by atoms with Gasteiger partial charge in [-0.25, -0.2) is 0 Å².